The van der Waals surface area contributed by atoms with E-state index in [-0.39, 0.29) is 6.17 Å². The van der Waals surface area contributed by atoms with Gasteiger partial charge in [-0.1, -0.05) is 76.6 Å². The minimum Gasteiger partial charge on any atom is -0.360 e. The molecule has 3 heteroatoms. The van der Waals surface area contributed by atoms with Gasteiger partial charge in [0.15, 0.2) is 0 Å². The third-order valence-electron chi connectivity index (χ3n) is 3.97. The number of anilines is 1. The second-order valence-corrected chi connectivity index (χ2v) is 6.40. The van der Waals surface area contributed by atoms with Crippen LogP contribution in [-0.2, 0) is 0 Å². The molecule has 23 heavy (non-hydrogen) atoms. The molecule has 1 N–H and O–H groups in total. The van der Waals surface area contributed by atoms with E-state index < -0.39 is 0 Å². The highest BCUT2D eigenvalue weighted by molar-refractivity contribution is 9.10. The molecule has 0 radical (unpaired) electrons. The van der Waals surface area contributed by atoms with Gasteiger partial charge in [0.05, 0.1) is 5.71 Å². The van der Waals surface area contributed by atoms with Gasteiger partial charge in [-0.2, -0.15) is 0 Å². The number of rotatable bonds is 2. The summed E-state index contributed by atoms with van der Waals surface area (Å²) in [5.74, 6) is 0. The lowest BCUT2D eigenvalue weighted by Crippen LogP contribution is -2.20. The Balaban J connectivity index is 1.84. The molecule has 1 aliphatic rings. The molecule has 0 aromatic heterocycles. The molecular formula is C20H15BrN2. The first-order chi connectivity index (χ1) is 11.3. The van der Waals surface area contributed by atoms with Crippen molar-refractivity contribution < 1.29 is 0 Å². The van der Waals surface area contributed by atoms with Gasteiger partial charge in [-0.3, -0.25) is 4.99 Å². The number of benzene rings is 3. The minimum atomic E-state index is -0.0757. The Morgan fingerprint density at radius 3 is 2.26 bits per heavy atom. The normalized spacial score (nSPS) is 16.2. The van der Waals surface area contributed by atoms with Gasteiger partial charge in [0, 0.05) is 21.3 Å². The highest BCUT2D eigenvalue weighted by Crippen LogP contribution is 2.32. The van der Waals surface area contributed by atoms with Crippen LogP contribution >= 0.6 is 15.9 Å². The lowest BCUT2D eigenvalue weighted by atomic mass is 9.97. The Morgan fingerprint density at radius 2 is 1.48 bits per heavy atom. The molecule has 0 amide bonds. The molecule has 0 spiro atoms. The van der Waals surface area contributed by atoms with Gasteiger partial charge in [0.1, 0.15) is 6.17 Å². The van der Waals surface area contributed by atoms with Crippen molar-refractivity contribution in [2.24, 2.45) is 4.99 Å². The topological polar surface area (TPSA) is 24.4 Å². The molecule has 1 unspecified atom stereocenters. The molecule has 4 rings (SSSR count). The molecule has 2 nitrogen and oxygen atoms in total. The van der Waals surface area contributed by atoms with Gasteiger partial charge < -0.3 is 5.32 Å². The van der Waals surface area contributed by atoms with Crippen LogP contribution in [0.25, 0.3) is 0 Å². The van der Waals surface area contributed by atoms with Crippen LogP contribution in [0.1, 0.15) is 22.9 Å². The van der Waals surface area contributed by atoms with Crippen LogP contribution in [0.2, 0.25) is 0 Å². The summed E-state index contributed by atoms with van der Waals surface area (Å²) in [6, 6.07) is 27.0. The number of hydrogen-bond donors (Lipinski definition) is 1. The van der Waals surface area contributed by atoms with Crippen LogP contribution in [0.15, 0.2) is 88.3 Å². The van der Waals surface area contributed by atoms with Crippen LogP contribution in [0.3, 0.4) is 0 Å². The number of hydrogen-bond acceptors (Lipinski definition) is 2. The molecule has 1 atom stereocenters. The molecule has 1 aliphatic heterocycles. The molecular weight excluding hydrogens is 348 g/mol. The van der Waals surface area contributed by atoms with Crippen molar-refractivity contribution in [1.82, 2.24) is 0 Å². The molecule has 112 valence electrons. The Hall–Kier alpha value is -2.39. The fraction of sp³-hybridized carbons (Fsp3) is 0.0500. The van der Waals surface area contributed by atoms with E-state index in [4.69, 9.17) is 4.99 Å². The molecule has 0 bridgehead atoms. The van der Waals surface area contributed by atoms with E-state index in [1.54, 1.807) is 0 Å². The number of para-hydroxylation sites is 1. The first-order valence-electron chi connectivity index (χ1n) is 7.56. The third kappa shape index (κ3) is 2.80. The summed E-state index contributed by atoms with van der Waals surface area (Å²) in [6.07, 6.45) is -0.0757. The summed E-state index contributed by atoms with van der Waals surface area (Å²) in [7, 11) is 0. The minimum absolute atomic E-state index is 0.0757. The average Bonchev–Trinajstić information content (AvgIpc) is 2.62. The zero-order valence-electron chi connectivity index (χ0n) is 12.4. The second kappa shape index (κ2) is 6.01. The fourth-order valence-electron chi connectivity index (χ4n) is 2.82. The van der Waals surface area contributed by atoms with Gasteiger partial charge in [-0.15, -0.1) is 0 Å². The summed E-state index contributed by atoms with van der Waals surface area (Å²) in [4.78, 5) is 4.98. The predicted octanol–water partition coefficient (Wildman–Crippen LogP) is 5.41. The lowest BCUT2D eigenvalue weighted by molar-refractivity contribution is 0.828. The van der Waals surface area contributed by atoms with E-state index in [9.17, 15) is 0 Å². The summed E-state index contributed by atoms with van der Waals surface area (Å²) >= 11 is 3.49. The smallest absolute Gasteiger partial charge is 0.145 e. The summed E-state index contributed by atoms with van der Waals surface area (Å²) < 4.78 is 1.07. The number of fused-ring (bicyclic) bond motifs is 1. The molecule has 3 aromatic carbocycles. The van der Waals surface area contributed by atoms with Gasteiger partial charge >= 0.3 is 0 Å². The van der Waals surface area contributed by atoms with Gasteiger partial charge in [0.25, 0.3) is 0 Å². The Morgan fingerprint density at radius 1 is 0.783 bits per heavy atom. The largest absolute Gasteiger partial charge is 0.360 e. The molecule has 1 heterocycles. The highest BCUT2D eigenvalue weighted by Gasteiger charge is 2.21. The van der Waals surface area contributed by atoms with Crippen LogP contribution in [0, 0.1) is 0 Å². The van der Waals surface area contributed by atoms with Crippen molar-refractivity contribution in [2.75, 3.05) is 5.32 Å². The van der Waals surface area contributed by atoms with E-state index >= 15 is 0 Å². The first kappa shape index (κ1) is 14.2. The van der Waals surface area contributed by atoms with Gasteiger partial charge in [-0.05, 0) is 23.8 Å². The van der Waals surface area contributed by atoms with Crippen LogP contribution in [-0.4, -0.2) is 5.71 Å². The first-order valence-corrected chi connectivity index (χ1v) is 8.35. The van der Waals surface area contributed by atoms with Gasteiger partial charge in [0.2, 0.25) is 0 Å². The van der Waals surface area contributed by atoms with E-state index in [0.717, 1.165) is 32.6 Å². The van der Waals surface area contributed by atoms with E-state index in [0.29, 0.717) is 0 Å². The maximum atomic E-state index is 4.98. The molecule has 3 aromatic rings. The van der Waals surface area contributed by atoms with Crippen LogP contribution in [0.5, 0.6) is 0 Å². The average molecular weight is 363 g/mol. The van der Waals surface area contributed by atoms with E-state index in [2.05, 4.69) is 94.0 Å². The number of nitrogens with zero attached hydrogens (tertiary/aromatic N) is 1. The van der Waals surface area contributed by atoms with Crippen molar-refractivity contribution in [3.8, 4) is 0 Å². The molecule has 0 saturated heterocycles. The highest BCUT2D eigenvalue weighted by atomic mass is 79.9. The standard InChI is InChI=1S/C20H15BrN2/c21-16-12-10-15(11-13-16)20-22-18-9-5-4-8-17(18)19(23-20)14-6-2-1-3-7-14/h1-13,20,22H. The SMILES string of the molecule is Brc1ccc(C2N=C(c3ccccc3)c3ccccc3N2)cc1. The lowest BCUT2D eigenvalue weighted by Gasteiger charge is -2.26. The molecule has 0 fully saturated rings. The molecule has 0 saturated carbocycles. The summed E-state index contributed by atoms with van der Waals surface area (Å²) in [5, 5.41) is 3.53. The Labute approximate surface area is 144 Å². The van der Waals surface area contributed by atoms with Crippen molar-refractivity contribution in [2.45, 2.75) is 6.17 Å². The maximum Gasteiger partial charge on any atom is 0.145 e. The third-order valence-corrected chi connectivity index (χ3v) is 4.49. The Bertz CT molecular complexity index is 854. The zero-order chi connectivity index (χ0) is 15.6. The van der Waals surface area contributed by atoms with Crippen LogP contribution < -0.4 is 5.32 Å². The van der Waals surface area contributed by atoms with Crippen molar-refractivity contribution >= 4 is 27.3 Å². The number of aliphatic imine (C=N–C) groups is 1. The predicted molar refractivity (Wildman–Crippen MR) is 99.0 cm³/mol. The van der Waals surface area contributed by atoms with Crippen molar-refractivity contribution in [1.29, 1.82) is 0 Å². The zero-order valence-corrected chi connectivity index (χ0v) is 14.0. The second-order valence-electron chi connectivity index (χ2n) is 5.49. The van der Waals surface area contributed by atoms with E-state index in [1.807, 2.05) is 6.07 Å². The summed E-state index contributed by atoms with van der Waals surface area (Å²) in [6.45, 7) is 0. The van der Waals surface area contributed by atoms with Crippen LogP contribution in [0.4, 0.5) is 5.69 Å². The maximum absolute atomic E-state index is 4.98. The van der Waals surface area contributed by atoms with Gasteiger partial charge in [-0.25, -0.2) is 0 Å². The monoisotopic (exact) mass is 362 g/mol. The van der Waals surface area contributed by atoms with Crippen molar-refractivity contribution in [3.05, 3.63) is 100 Å². The summed E-state index contributed by atoms with van der Waals surface area (Å²) in [5.41, 5.74) is 5.59. The number of nitrogens with one attached hydrogen (secondary N) is 1. The fourth-order valence-corrected chi connectivity index (χ4v) is 3.09. The Kier molecular flexibility index (Phi) is 3.72. The quantitative estimate of drug-likeness (QED) is 0.647. The van der Waals surface area contributed by atoms with E-state index in [1.165, 1.54) is 0 Å². The molecule has 0 aliphatic carbocycles. The van der Waals surface area contributed by atoms with Crippen molar-refractivity contribution in [3.63, 3.8) is 0 Å². The number of halogens is 1.